The Kier molecular flexibility index (Phi) is 5.03. The molecule has 0 N–H and O–H groups in total. The molecule has 0 bridgehead atoms. The molecule has 114 valence electrons. The van der Waals surface area contributed by atoms with E-state index < -0.39 is 16.2 Å². The number of methoxy groups -OCH3 is 1. The van der Waals surface area contributed by atoms with Crippen molar-refractivity contribution in [2.75, 3.05) is 7.11 Å². The zero-order valence-electron chi connectivity index (χ0n) is 11.6. The maximum atomic E-state index is 12.2. The third-order valence-corrected chi connectivity index (χ3v) is 4.65. The second-order valence-corrected chi connectivity index (χ2v) is 6.21. The van der Waals surface area contributed by atoms with Gasteiger partial charge in [0, 0.05) is 0 Å². The quantitative estimate of drug-likeness (QED) is 0.782. The first kappa shape index (κ1) is 16.3. The molecule has 0 heterocycles. The Labute approximate surface area is 133 Å². The van der Waals surface area contributed by atoms with Gasteiger partial charge in [-0.15, -0.1) is 0 Å². The van der Waals surface area contributed by atoms with Gasteiger partial charge in [0.15, 0.2) is 6.10 Å². The van der Waals surface area contributed by atoms with E-state index in [1.165, 1.54) is 25.3 Å². The largest absolute Gasteiger partial charge is 0.497 e. The molecule has 1 unspecified atom stereocenters. The summed E-state index contributed by atoms with van der Waals surface area (Å²) in [5.74, 6) is 0.592. The third-order valence-electron chi connectivity index (χ3n) is 2.86. The summed E-state index contributed by atoms with van der Waals surface area (Å²) in [6.45, 7) is 0. The first-order valence-corrected chi connectivity index (χ1v) is 7.98. The van der Waals surface area contributed by atoms with Gasteiger partial charge in [-0.2, -0.15) is 13.7 Å². The summed E-state index contributed by atoms with van der Waals surface area (Å²) in [5, 5.41) is 9.22. The van der Waals surface area contributed by atoms with Crippen molar-refractivity contribution < 1.29 is 17.3 Å². The first-order valence-electron chi connectivity index (χ1n) is 6.19. The van der Waals surface area contributed by atoms with Gasteiger partial charge in [0.25, 0.3) is 10.1 Å². The van der Waals surface area contributed by atoms with Crippen LogP contribution in [0, 0.1) is 11.3 Å². The smallest absolute Gasteiger partial charge is 0.300 e. The van der Waals surface area contributed by atoms with E-state index in [1.807, 2.05) is 6.07 Å². The predicted octanol–water partition coefficient (Wildman–Crippen LogP) is 3.32. The molecule has 0 aliphatic carbocycles. The number of nitrogens with zero attached hydrogens (tertiary/aromatic N) is 1. The SMILES string of the molecule is COc1ccc(C(C#N)OS(=O)(=O)c2ccccc2Cl)cc1. The highest BCUT2D eigenvalue weighted by Crippen LogP contribution is 2.28. The molecule has 7 heteroatoms. The minimum atomic E-state index is -4.15. The van der Waals surface area contributed by atoms with E-state index in [0.717, 1.165) is 0 Å². The van der Waals surface area contributed by atoms with Crippen LogP contribution in [0.4, 0.5) is 0 Å². The van der Waals surface area contributed by atoms with E-state index in [-0.39, 0.29) is 9.92 Å². The second-order valence-electron chi connectivity index (χ2n) is 4.26. The van der Waals surface area contributed by atoms with Crippen LogP contribution in [0.15, 0.2) is 53.4 Å². The van der Waals surface area contributed by atoms with Crippen LogP contribution in [0.3, 0.4) is 0 Å². The van der Waals surface area contributed by atoms with Gasteiger partial charge in [0.2, 0.25) is 0 Å². The number of nitriles is 1. The van der Waals surface area contributed by atoms with Crippen molar-refractivity contribution in [1.29, 1.82) is 5.26 Å². The molecule has 2 rings (SSSR count). The number of ether oxygens (including phenoxy) is 1. The van der Waals surface area contributed by atoms with Crippen LogP contribution in [0.2, 0.25) is 5.02 Å². The topological polar surface area (TPSA) is 76.4 Å². The fraction of sp³-hybridized carbons (Fsp3) is 0.133. The fourth-order valence-electron chi connectivity index (χ4n) is 1.76. The molecule has 0 saturated heterocycles. The summed E-state index contributed by atoms with van der Waals surface area (Å²) in [5.41, 5.74) is 0.402. The average Bonchev–Trinajstić information content (AvgIpc) is 2.53. The van der Waals surface area contributed by atoms with E-state index in [0.29, 0.717) is 11.3 Å². The van der Waals surface area contributed by atoms with Gasteiger partial charge >= 0.3 is 0 Å². The fourth-order valence-corrected chi connectivity index (χ4v) is 3.24. The van der Waals surface area contributed by atoms with Crippen LogP contribution in [0.1, 0.15) is 11.7 Å². The summed E-state index contributed by atoms with van der Waals surface area (Å²) in [6, 6.07) is 14.1. The molecule has 0 amide bonds. The first-order chi connectivity index (χ1) is 10.5. The minimum absolute atomic E-state index is 0.0360. The number of hydrogen-bond acceptors (Lipinski definition) is 5. The monoisotopic (exact) mass is 337 g/mol. The molecule has 0 radical (unpaired) electrons. The van der Waals surface area contributed by atoms with Gasteiger partial charge in [-0.3, -0.25) is 0 Å². The molecule has 5 nitrogen and oxygen atoms in total. The molecule has 2 aromatic carbocycles. The van der Waals surface area contributed by atoms with Crippen molar-refractivity contribution in [3.8, 4) is 11.8 Å². The number of benzene rings is 2. The Morgan fingerprint density at radius 1 is 1.14 bits per heavy atom. The zero-order valence-corrected chi connectivity index (χ0v) is 13.1. The summed E-state index contributed by atoms with van der Waals surface area (Å²) < 4.78 is 34.5. The molecular formula is C15H12ClNO4S. The summed E-state index contributed by atoms with van der Waals surface area (Å²) in [4.78, 5) is -0.176. The van der Waals surface area contributed by atoms with Crippen LogP contribution < -0.4 is 4.74 Å². The van der Waals surface area contributed by atoms with E-state index >= 15 is 0 Å². The van der Waals surface area contributed by atoms with Gasteiger partial charge < -0.3 is 4.74 Å². The standard InChI is InChI=1S/C15H12ClNO4S/c1-20-12-8-6-11(7-9-12)14(10-17)21-22(18,19)15-5-3-2-4-13(15)16/h2-9,14H,1H3. The van der Waals surface area contributed by atoms with Gasteiger partial charge in [-0.1, -0.05) is 35.9 Å². The van der Waals surface area contributed by atoms with Crippen molar-refractivity contribution >= 4 is 21.7 Å². The predicted molar refractivity (Wildman–Crippen MR) is 81.1 cm³/mol. The third kappa shape index (κ3) is 3.57. The average molecular weight is 338 g/mol. The van der Waals surface area contributed by atoms with Gasteiger partial charge in [-0.05, 0) is 29.8 Å². The lowest BCUT2D eigenvalue weighted by Gasteiger charge is -2.12. The van der Waals surface area contributed by atoms with E-state index in [4.69, 9.17) is 20.5 Å². The lowest BCUT2D eigenvalue weighted by molar-refractivity contribution is 0.267. The van der Waals surface area contributed by atoms with Crippen LogP contribution >= 0.6 is 11.6 Å². The summed E-state index contributed by atoms with van der Waals surface area (Å²) >= 11 is 5.86. The lowest BCUT2D eigenvalue weighted by Crippen LogP contribution is -2.11. The number of hydrogen-bond donors (Lipinski definition) is 0. The van der Waals surface area contributed by atoms with Crippen molar-refractivity contribution in [3.05, 3.63) is 59.1 Å². The van der Waals surface area contributed by atoms with Gasteiger partial charge in [0.1, 0.15) is 16.7 Å². The number of rotatable bonds is 5. The maximum absolute atomic E-state index is 12.2. The van der Waals surface area contributed by atoms with Crippen molar-refractivity contribution in [3.63, 3.8) is 0 Å². The van der Waals surface area contributed by atoms with E-state index in [9.17, 15) is 13.7 Å². The minimum Gasteiger partial charge on any atom is -0.497 e. The highest BCUT2D eigenvalue weighted by Gasteiger charge is 2.25. The summed E-state index contributed by atoms with van der Waals surface area (Å²) in [6.07, 6.45) is -1.27. The molecule has 0 saturated carbocycles. The Bertz CT molecular complexity index is 797. The molecule has 2 aromatic rings. The second kappa shape index (κ2) is 6.79. The van der Waals surface area contributed by atoms with Crippen molar-refractivity contribution in [2.24, 2.45) is 0 Å². The highest BCUT2D eigenvalue weighted by atomic mass is 35.5. The molecule has 22 heavy (non-hydrogen) atoms. The van der Waals surface area contributed by atoms with Crippen LogP contribution in [0.25, 0.3) is 0 Å². The molecule has 0 spiro atoms. The number of halogens is 1. The zero-order chi connectivity index (χ0) is 16.2. The van der Waals surface area contributed by atoms with Gasteiger partial charge in [0.05, 0.1) is 12.1 Å². The van der Waals surface area contributed by atoms with Crippen LogP contribution in [-0.4, -0.2) is 15.5 Å². The van der Waals surface area contributed by atoms with Gasteiger partial charge in [-0.25, -0.2) is 4.18 Å². The van der Waals surface area contributed by atoms with Crippen molar-refractivity contribution in [2.45, 2.75) is 11.0 Å². The highest BCUT2D eigenvalue weighted by molar-refractivity contribution is 7.86. The van der Waals surface area contributed by atoms with Crippen LogP contribution in [-0.2, 0) is 14.3 Å². The molecule has 0 aliphatic heterocycles. The molecule has 0 aromatic heterocycles. The van der Waals surface area contributed by atoms with E-state index in [2.05, 4.69) is 0 Å². The molecular weight excluding hydrogens is 326 g/mol. The lowest BCUT2D eigenvalue weighted by atomic mass is 10.1. The maximum Gasteiger partial charge on any atom is 0.300 e. The van der Waals surface area contributed by atoms with E-state index in [1.54, 1.807) is 30.3 Å². The van der Waals surface area contributed by atoms with Crippen molar-refractivity contribution in [1.82, 2.24) is 0 Å². The molecule has 0 fully saturated rings. The summed E-state index contributed by atoms with van der Waals surface area (Å²) in [7, 11) is -2.64. The Morgan fingerprint density at radius 3 is 2.32 bits per heavy atom. The Balaban J connectivity index is 2.30. The normalized spacial score (nSPS) is 12.4. The van der Waals surface area contributed by atoms with Crippen LogP contribution in [0.5, 0.6) is 5.75 Å². The molecule has 1 atom stereocenters. The molecule has 0 aliphatic rings. The Morgan fingerprint density at radius 2 is 1.77 bits per heavy atom. The Hall–Kier alpha value is -2.07.